The Morgan fingerprint density at radius 2 is 2.00 bits per heavy atom. The number of aromatic carboxylic acids is 1. The molecule has 2 heterocycles. The fourth-order valence-electron chi connectivity index (χ4n) is 4.17. The van der Waals surface area contributed by atoms with Crippen LogP contribution in [0.15, 0.2) is 63.5 Å². The van der Waals surface area contributed by atoms with Crippen molar-refractivity contribution in [3.05, 3.63) is 97.8 Å². The van der Waals surface area contributed by atoms with E-state index in [1.54, 1.807) is 50.5 Å². The summed E-state index contributed by atoms with van der Waals surface area (Å²) in [5.41, 5.74) is 4.03. The van der Waals surface area contributed by atoms with Crippen molar-refractivity contribution in [3.63, 3.8) is 0 Å². The van der Waals surface area contributed by atoms with Crippen molar-refractivity contribution >= 4 is 45.5 Å². The van der Waals surface area contributed by atoms with E-state index in [1.165, 1.54) is 6.07 Å². The summed E-state index contributed by atoms with van der Waals surface area (Å²) in [6, 6.07) is 6.32. The molecule has 1 unspecified atom stereocenters. The minimum Gasteiger partial charge on any atom is -0.476 e. The Labute approximate surface area is 212 Å². The zero-order valence-corrected chi connectivity index (χ0v) is 20.9. The molecule has 1 atom stereocenters. The van der Waals surface area contributed by atoms with Gasteiger partial charge in [0.1, 0.15) is 16.5 Å². The summed E-state index contributed by atoms with van der Waals surface area (Å²) in [5.74, 6) is -0.798. The van der Waals surface area contributed by atoms with Crippen LogP contribution in [0.2, 0.25) is 5.15 Å². The third-order valence-corrected chi connectivity index (χ3v) is 6.12. The molecule has 0 aliphatic heterocycles. The van der Waals surface area contributed by atoms with Crippen LogP contribution >= 0.6 is 11.6 Å². The van der Waals surface area contributed by atoms with Crippen LogP contribution in [0, 0.1) is 19.3 Å². The van der Waals surface area contributed by atoms with Crippen LogP contribution in [0.5, 0.6) is 0 Å². The van der Waals surface area contributed by atoms with Crippen LogP contribution in [0.25, 0.3) is 16.5 Å². The number of nitrogens with zero attached hydrogens (tertiary/aromatic N) is 1. The number of anilines is 1. The lowest BCUT2D eigenvalue weighted by molar-refractivity contribution is 0.0691. The Bertz CT molecular complexity index is 1570. The van der Waals surface area contributed by atoms with Gasteiger partial charge in [-0.2, -0.15) is 0 Å². The molecule has 4 rings (SSSR count). The fourth-order valence-corrected chi connectivity index (χ4v) is 4.32. The second-order valence-corrected chi connectivity index (χ2v) is 8.94. The van der Waals surface area contributed by atoms with Gasteiger partial charge in [0.2, 0.25) is 0 Å². The number of hydrogen-bond acceptors (Lipinski definition) is 7. The van der Waals surface area contributed by atoms with E-state index in [4.69, 9.17) is 21.4 Å². The van der Waals surface area contributed by atoms with E-state index in [9.17, 15) is 14.7 Å². The number of carboxylic acids is 1. The summed E-state index contributed by atoms with van der Waals surface area (Å²) in [6.07, 6.45) is 6.91. The highest BCUT2D eigenvalue weighted by molar-refractivity contribution is 6.29. The van der Waals surface area contributed by atoms with Crippen molar-refractivity contribution in [3.8, 4) is 0 Å². The molecule has 4 N–H and O–H groups in total. The third kappa shape index (κ3) is 4.67. The van der Waals surface area contributed by atoms with Gasteiger partial charge in [0.25, 0.3) is 0 Å². The zero-order chi connectivity index (χ0) is 26.1. The van der Waals surface area contributed by atoms with Gasteiger partial charge in [-0.25, -0.2) is 9.78 Å². The Morgan fingerprint density at radius 3 is 2.69 bits per heavy atom. The van der Waals surface area contributed by atoms with E-state index in [0.717, 1.165) is 5.56 Å². The Balaban J connectivity index is 1.88. The van der Waals surface area contributed by atoms with Crippen LogP contribution in [-0.4, -0.2) is 28.8 Å². The predicted octanol–water partition coefficient (Wildman–Crippen LogP) is 5.41. The lowest BCUT2D eigenvalue weighted by Crippen LogP contribution is -2.15. The molecule has 3 aromatic rings. The van der Waals surface area contributed by atoms with E-state index in [1.807, 2.05) is 19.9 Å². The number of rotatable bonds is 6. The number of hydrogen-bond donors (Lipinski definition) is 4. The molecular weight excluding hydrogens is 480 g/mol. The van der Waals surface area contributed by atoms with Gasteiger partial charge in [0.15, 0.2) is 11.1 Å². The number of fused-ring (bicyclic) bond motifs is 1. The standard InChI is InChI=1S/C27H25ClN4O4/c1-13-9-18(15(3)31-21-7-8-22(28)32-23(21)27(34)35)26-19(10-13)24(33)14(2)25(36-26)16-5-6-20(29)17(11-16)12-30-4/h5-12,15,29-31H,1-4H3,(H,34,35)/b17-12-,29-20?. The van der Waals surface area contributed by atoms with Gasteiger partial charge < -0.3 is 25.6 Å². The van der Waals surface area contributed by atoms with Crippen molar-refractivity contribution in [2.75, 3.05) is 12.4 Å². The molecule has 0 saturated heterocycles. The molecule has 1 aliphatic carbocycles. The first-order chi connectivity index (χ1) is 17.1. The molecule has 0 amide bonds. The van der Waals surface area contributed by atoms with Gasteiger partial charge in [-0.3, -0.25) is 4.79 Å². The number of aromatic nitrogens is 1. The van der Waals surface area contributed by atoms with Crippen LogP contribution in [0.1, 0.15) is 45.9 Å². The SMILES string of the molecule is CN/C=C1/C=C(c2oc3c(C(C)Nc4ccc(Cl)nc4C(=O)O)cc(C)cc3c(=O)c2C)C=CC1=N. The maximum atomic E-state index is 13.4. The van der Waals surface area contributed by atoms with Gasteiger partial charge in [-0.15, -0.1) is 0 Å². The monoisotopic (exact) mass is 504 g/mol. The minimum absolute atomic E-state index is 0.0753. The normalized spacial score (nSPS) is 15.2. The zero-order valence-electron chi connectivity index (χ0n) is 20.2. The van der Waals surface area contributed by atoms with Gasteiger partial charge in [0.05, 0.1) is 22.8 Å². The second kappa shape index (κ2) is 9.83. The Morgan fingerprint density at radius 1 is 1.25 bits per heavy atom. The number of benzene rings is 1. The summed E-state index contributed by atoms with van der Waals surface area (Å²) in [7, 11) is 1.75. The number of carboxylic acid groups (broad SMARTS) is 1. The van der Waals surface area contributed by atoms with Crippen LogP contribution in [-0.2, 0) is 0 Å². The molecular formula is C27H25ClN4O4. The van der Waals surface area contributed by atoms with E-state index in [-0.39, 0.29) is 16.3 Å². The highest BCUT2D eigenvalue weighted by Crippen LogP contribution is 2.33. The number of nitrogens with one attached hydrogen (secondary N) is 3. The largest absolute Gasteiger partial charge is 0.476 e. The minimum atomic E-state index is -1.21. The first kappa shape index (κ1) is 24.9. The van der Waals surface area contributed by atoms with Crippen LogP contribution in [0.4, 0.5) is 5.69 Å². The number of allylic oxidation sites excluding steroid dienone is 5. The number of carbonyl (C=O) groups is 1. The fraction of sp³-hybridized carbons (Fsp3) is 0.185. The maximum Gasteiger partial charge on any atom is 0.356 e. The van der Waals surface area contributed by atoms with Crippen molar-refractivity contribution in [1.82, 2.24) is 10.3 Å². The number of pyridine rings is 1. The third-order valence-electron chi connectivity index (χ3n) is 5.91. The Hall–Kier alpha value is -4.17. The summed E-state index contributed by atoms with van der Waals surface area (Å²) >= 11 is 5.89. The van der Waals surface area contributed by atoms with E-state index < -0.39 is 12.0 Å². The lowest BCUT2D eigenvalue weighted by Gasteiger charge is -2.20. The average Bonchev–Trinajstić information content (AvgIpc) is 2.83. The molecule has 0 radical (unpaired) electrons. The highest BCUT2D eigenvalue weighted by atomic mass is 35.5. The van der Waals surface area contributed by atoms with Crippen molar-refractivity contribution in [1.29, 1.82) is 5.41 Å². The summed E-state index contributed by atoms with van der Waals surface area (Å²) < 4.78 is 6.39. The van der Waals surface area contributed by atoms with Crippen molar-refractivity contribution in [2.45, 2.75) is 26.8 Å². The van der Waals surface area contributed by atoms with Crippen LogP contribution < -0.4 is 16.1 Å². The molecule has 36 heavy (non-hydrogen) atoms. The van der Waals surface area contributed by atoms with Gasteiger partial charge in [0, 0.05) is 35.5 Å². The molecule has 8 nitrogen and oxygen atoms in total. The maximum absolute atomic E-state index is 13.4. The summed E-state index contributed by atoms with van der Waals surface area (Å²) in [4.78, 5) is 29.0. The Kier molecular flexibility index (Phi) is 6.81. The van der Waals surface area contributed by atoms with Gasteiger partial charge in [-0.1, -0.05) is 17.7 Å². The topological polar surface area (TPSA) is 128 Å². The quantitative estimate of drug-likeness (QED) is 0.330. The van der Waals surface area contributed by atoms with E-state index in [2.05, 4.69) is 15.6 Å². The first-order valence-corrected chi connectivity index (χ1v) is 11.6. The molecule has 184 valence electrons. The molecule has 0 fully saturated rings. The average molecular weight is 505 g/mol. The molecule has 1 aliphatic rings. The predicted molar refractivity (Wildman–Crippen MR) is 142 cm³/mol. The molecule has 1 aromatic carbocycles. The summed E-state index contributed by atoms with van der Waals surface area (Å²) in [5, 5.41) is 24.3. The second-order valence-electron chi connectivity index (χ2n) is 8.55. The molecule has 0 spiro atoms. The smallest absolute Gasteiger partial charge is 0.356 e. The van der Waals surface area contributed by atoms with Crippen LogP contribution in [0.3, 0.4) is 0 Å². The molecule has 0 saturated carbocycles. The van der Waals surface area contributed by atoms with Gasteiger partial charge >= 0.3 is 5.97 Å². The van der Waals surface area contributed by atoms with E-state index >= 15 is 0 Å². The molecule has 9 heteroatoms. The number of halogens is 1. The summed E-state index contributed by atoms with van der Waals surface area (Å²) in [6.45, 7) is 5.46. The number of aryl methyl sites for hydroxylation is 1. The highest BCUT2D eigenvalue weighted by Gasteiger charge is 2.22. The van der Waals surface area contributed by atoms with Crippen molar-refractivity contribution in [2.24, 2.45) is 0 Å². The lowest BCUT2D eigenvalue weighted by atomic mass is 9.95. The molecule has 0 bridgehead atoms. The van der Waals surface area contributed by atoms with E-state index in [0.29, 0.717) is 50.4 Å². The van der Waals surface area contributed by atoms with Crippen molar-refractivity contribution < 1.29 is 14.3 Å². The molecule has 2 aromatic heterocycles. The first-order valence-electron chi connectivity index (χ1n) is 11.2. The van der Waals surface area contributed by atoms with Gasteiger partial charge in [-0.05, 0) is 62.8 Å².